The Labute approximate surface area is 113 Å². The highest BCUT2D eigenvalue weighted by Crippen LogP contribution is 1.86. The maximum Gasteiger partial charge on any atom is 0.414 e. The van der Waals surface area contributed by atoms with E-state index < -0.39 is 23.9 Å². The zero-order chi connectivity index (χ0) is 16.0. The van der Waals surface area contributed by atoms with E-state index in [0.29, 0.717) is 0 Å². The Bertz CT molecular complexity index is 374. The van der Waals surface area contributed by atoms with Crippen LogP contribution in [0.3, 0.4) is 0 Å². The first-order chi connectivity index (χ1) is 9.27. The molecule has 0 saturated carbocycles. The lowest BCUT2D eigenvalue weighted by atomic mass is 10.3. The quantitative estimate of drug-likeness (QED) is 0.595. The molecule has 0 bridgehead atoms. The van der Waals surface area contributed by atoms with Crippen LogP contribution in [0, 0.1) is 0 Å². The minimum Gasteiger partial charge on any atom is -0.481 e. The van der Waals surface area contributed by atoms with E-state index in [1.807, 2.05) is 36.4 Å². The summed E-state index contributed by atoms with van der Waals surface area (Å²) in [5.41, 5.74) is 0. The Morgan fingerprint density at radius 2 is 0.750 bits per heavy atom. The van der Waals surface area contributed by atoms with E-state index in [1.54, 1.807) is 0 Å². The first kappa shape index (κ1) is 19.4. The van der Waals surface area contributed by atoms with E-state index in [2.05, 4.69) is 0 Å². The molecule has 0 saturated heterocycles. The van der Waals surface area contributed by atoms with Crippen LogP contribution in [-0.2, 0) is 19.2 Å². The fourth-order valence-electron chi connectivity index (χ4n) is 0.599. The number of benzene rings is 1. The third-order valence-corrected chi connectivity index (χ3v) is 1.40. The first-order valence-corrected chi connectivity index (χ1v) is 5.17. The van der Waals surface area contributed by atoms with Crippen LogP contribution in [0.1, 0.15) is 12.8 Å². The van der Waals surface area contributed by atoms with Gasteiger partial charge in [-0.15, -0.1) is 0 Å². The molecule has 0 aliphatic rings. The maximum atomic E-state index is 9.64. The molecule has 0 amide bonds. The van der Waals surface area contributed by atoms with Crippen LogP contribution >= 0.6 is 0 Å². The van der Waals surface area contributed by atoms with Gasteiger partial charge in [0.1, 0.15) is 0 Å². The molecule has 20 heavy (non-hydrogen) atoms. The van der Waals surface area contributed by atoms with Crippen molar-refractivity contribution < 1.29 is 39.6 Å². The zero-order valence-electron chi connectivity index (χ0n) is 10.3. The number of carboxylic acids is 4. The third-order valence-electron chi connectivity index (χ3n) is 1.40. The van der Waals surface area contributed by atoms with Crippen LogP contribution in [0.4, 0.5) is 0 Å². The molecule has 4 N–H and O–H groups in total. The van der Waals surface area contributed by atoms with Gasteiger partial charge in [0, 0.05) is 0 Å². The first-order valence-electron chi connectivity index (χ1n) is 5.17. The van der Waals surface area contributed by atoms with E-state index >= 15 is 0 Å². The molecule has 110 valence electrons. The van der Waals surface area contributed by atoms with Crippen molar-refractivity contribution in [2.45, 2.75) is 12.8 Å². The van der Waals surface area contributed by atoms with E-state index in [1.165, 1.54) is 0 Å². The van der Waals surface area contributed by atoms with Crippen molar-refractivity contribution in [3.63, 3.8) is 0 Å². The highest BCUT2D eigenvalue weighted by atomic mass is 16.4. The van der Waals surface area contributed by atoms with Crippen molar-refractivity contribution in [2.75, 3.05) is 0 Å². The standard InChI is InChI=1S/C6H6.C4H6O4.C2H2O4/c1-2-4-6-5-3-1;5-3(6)1-2-4(7)8;3-1(4)2(5)6/h1-6H;1-2H2,(H,5,6)(H,7,8);(H,3,4)(H,5,6). The SMILES string of the molecule is O=C(O)C(=O)O.O=C(O)CCC(=O)O.c1ccccc1. The lowest BCUT2D eigenvalue weighted by molar-refractivity contribution is -0.159. The second-order valence-electron chi connectivity index (χ2n) is 3.05. The largest absolute Gasteiger partial charge is 0.481 e. The van der Waals surface area contributed by atoms with E-state index in [0.717, 1.165) is 0 Å². The molecule has 8 heteroatoms. The van der Waals surface area contributed by atoms with Crippen LogP contribution in [0.5, 0.6) is 0 Å². The van der Waals surface area contributed by atoms with Crippen LogP contribution < -0.4 is 0 Å². The Morgan fingerprint density at radius 3 is 0.850 bits per heavy atom. The topological polar surface area (TPSA) is 149 Å². The molecule has 0 fully saturated rings. The number of carbonyl (C=O) groups is 4. The van der Waals surface area contributed by atoms with Gasteiger partial charge < -0.3 is 20.4 Å². The van der Waals surface area contributed by atoms with Gasteiger partial charge in [-0.3, -0.25) is 9.59 Å². The van der Waals surface area contributed by atoms with Gasteiger partial charge in [-0.25, -0.2) is 9.59 Å². The van der Waals surface area contributed by atoms with Crippen molar-refractivity contribution >= 4 is 23.9 Å². The molecule has 8 nitrogen and oxygen atoms in total. The number of hydrogen-bond acceptors (Lipinski definition) is 4. The summed E-state index contributed by atoms with van der Waals surface area (Å²) in [6, 6.07) is 12.0. The predicted molar refractivity (Wildman–Crippen MR) is 66.2 cm³/mol. The Hall–Kier alpha value is -2.90. The molecule has 1 aromatic rings. The maximum absolute atomic E-state index is 9.64. The van der Waals surface area contributed by atoms with Crippen LogP contribution in [-0.4, -0.2) is 44.3 Å². The minimum atomic E-state index is -1.82. The summed E-state index contributed by atoms with van der Waals surface area (Å²) in [5.74, 6) is -5.80. The number of rotatable bonds is 3. The molecule has 0 spiro atoms. The average molecular weight is 286 g/mol. The number of hydrogen-bond donors (Lipinski definition) is 4. The van der Waals surface area contributed by atoms with Crippen LogP contribution in [0.2, 0.25) is 0 Å². The molecule has 0 aliphatic heterocycles. The van der Waals surface area contributed by atoms with Crippen molar-refractivity contribution in [3.05, 3.63) is 36.4 Å². The summed E-state index contributed by atoms with van der Waals surface area (Å²) in [5, 5.41) is 30.6. The number of aliphatic carboxylic acids is 4. The monoisotopic (exact) mass is 286 g/mol. The van der Waals surface area contributed by atoms with Crippen LogP contribution in [0.15, 0.2) is 36.4 Å². The van der Waals surface area contributed by atoms with Gasteiger partial charge in [-0.05, 0) is 0 Å². The Kier molecular flexibility index (Phi) is 12.2. The van der Waals surface area contributed by atoms with E-state index in [9.17, 15) is 9.59 Å². The molecule has 1 aromatic carbocycles. The smallest absolute Gasteiger partial charge is 0.414 e. The van der Waals surface area contributed by atoms with Gasteiger partial charge in [0.15, 0.2) is 0 Å². The molecule has 0 heterocycles. The fourth-order valence-corrected chi connectivity index (χ4v) is 0.599. The van der Waals surface area contributed by atoms with Gasteiger partial charge in [-0.2, -0.15) is 0 Å². The predicted octanol–water partition coefficient (Wildman–Crippen LogP) is 0.778. The van der Waals surface area contributed by atoms with Gasteiger partial charge >= 0.3 is 23.9 Å². The molecule has 0 aromatic heterocycles. The van der Waals surface area contributed by atoms with Gasteiger partial charge in [0.2, 0.25) is 0 Å². The second kappa shape index (κ2) is 12.6. The van der Waals surface area contributed by atoms with Crippen LogP contribution in [0.25, 0.3) is 0 Å². The van der Waals surface area contributed by atoms with Gasteiger partial charge in [-0.1, -0.05) is 36.4 Å². The molecule has 0 radical (unpaired) electrons. The highest BCUT2D eigenvalue weighted by molar-refractivity contribution is 6.27. The van der Waals surface area contributed by atoms with Crippen molar-refractivity contribution in [1.29, 1.82) is 0 Å². The molecular formula is C12H14O8. The normalized spacial score (nSPS) is 8.00. The van der Waals surface area contributed by atoms with Gasteiger partial charge in [0.25, 0.3) is 0 Å². The molecule has 0 atom stereocenters. The number of carboxylic acid groups (broad SMARTS) is 4. The fraction of sp³-hybridized carbons (Fsp3) is 0.167. The highest BCUT2D eigenvalue weighted by Gasteiger charge is 2.04. The van der Waals surface area contributed by atoms with Crippen molar-refractivity contribution in [3.8, 4) is 0 Å². The molecule has 0 aliphatic carbocycles. The molecular weight excluding hydrogens is 272 g/mol. The second-order valence-corrected chi connectivity index (χ2v) is 3.05. The molecule has 1 rings (SSSR count). The molecule has 0 unspecified atom stereocenters. The Balaban J connectivity index is 0. The Morgan fingerprint density at radius 1 is 0.550 bits per heavy atom. The summed E-state index contributed by atoms with van der Waals surface area (Å²) < 4.78 is 0. The van der Waals surface area contributed by atoms with E-state index in [4.69, 9.17) is 30.0 Å². The summed E-state index contributed by atoms with van der Waals surface area (Å²) in [6.07, 6.45) is -0.593. The lowest BCUT2D eigenvalue weighted by Crippen LogP contribution is -2.09. The van der Waals surface area contributed by atoms with Gasteiger partial charge in [0.05, 0.1) is 12.8 Å². The van der Waals surface area contributed by atoms with Crippen molar-refractivity contribution in [1.82, 2.24) is 0 Å². The minimum absolute atomic E-state index is 0.296. The summed E-state index contributed by atoms with van der Waals surface area (Å²) in [7, 11) is 0. The summed E-state index contributed by atoms with van der Waals surface area (Å²) >= 11 is 0. The summed E-state index contributed by atoms with van der Waals surface area (Å²) in [6.45, 7) is 0. The zero-order valence-corrected chi connectivity index (χ0v) is 10.3. The lowest BCUT2D eigenvalue weighted by Gasteiger charge is -1.85. The van der Waals surface area contributed by atoms with Crippen molar-refractivity contribution in [2.24, 2.45) is 0 Å². The third kappa shape index (κ3) is 20.5. The van der Waals surface area contributed by atoms with E-state index in [-0.39, 0.29) is 12.8 Å². The summed E-state index contributed by atoms with van der Waals surface area (Å²) in [4.78, 5) is 37.5. The average Bonchev–Trinajstić information content (AvgIpc) is 2.39.